The van der Waals surface area contributed by atoms with E-state index in [2.05, 4.69) is 17.8 Å². The fraction of sp³-hybridized carbons (Fsp3) is 0.367. The van der Waals surface area contributed by atoms with Crippen molar-refractivity contribution in [2.45, 2.75) is 69.2 Å². The van der Waals surface area contributed by atoms with E-state index in [1.165, 1.54) is 48.4 Å². The van der Waals surface area contributed by atoms with Gasteiger partial charge in [0.15, 0.2) is 0 Å². The van der Waals surface area contributed by atoms with Crippen molar-refractivity contribution in [3.05, 3.63) is 148 Å². The van der Waals surface area contributed by atoms with E-state index in [9.17, 15) is 34.3 Å². The van der Waals surface area contributed by atoms with Crippen LogP contribution in [0.3, 0.4) is 0 Å². The molecule has 64 heavy (non-hydrogen) atoms. The Hall–Kier alpha value is -6.42. The lowest BCUT2D eigenvalue weighted by Crippen LogP contribution is -2.70. The molecule has 0 unspecified atom stereocenters. The van der Waals surface area contributed by atoms with Crippen molar-refractivity contribution in [1.29, 1.82) is 0 Å². The molecule has 0 bridgehead atoms. The summed E-state index contributed by atoms with van der Waals surface area (Å²) < 4.78 is 40.9. The van der Waals surface area contributed by atoms with Gasteiger partial charge in [0, 0.05) is 55.4 Å². The van der Waals surface area contributed by atoms with Crippen LogP contribution in [-0.4, -0.2) is 76.9 Å². The molecule has 0 spiro atoms. The van der Waals surface area contributed by atoms with Gasteiger partial charge in [0.05, 0.1) is 23.2 Å². The van der Waals surface area contributed by atoms with Gasteiger partial charge in [0.2, 0.25) is 5.79 Å². The molecule has 2 N–H and O–H groups in total. The number of rotatable bonds is 20. The summed E-state index contributed by atoms with van der Waals surface area (Å²) in [5.74, 6) is -1.77. The molecular weight excluding hydrogens is 826 g/mol. The Kier molecular flexibility index (Phi) is 14.8. The number of carbonyl (C=O) groups is 2. The largest absolute Gasteiger partial charge is 0.459 e. The maximum atomic E-state index is 14.8. The molecule has 0 radical (unpaired) electrons. The van der Waals surface area contributed by atoms with Crippen molar-refractivity contribution in [2.75, 3.05) is 26.9 Å². The molecule has 7 rings (SSSR count). The third kappa shape index (κ3) is 9.86. The molecule has 1 heterocycles. The van der Waals surface area contributed by atoms with Gasteiger partial charge in [0.1, 0.15) is 48.3 Å². The molecule has 1 fully saturated rings. The molecule has 1 saturated carbocycles. The van der Waals surface area contributed by atoms with Crippen LogP contribution in [0.1, 0.15) is 72.3 Å². The topological polar surface area (TPSA) is 179 Å². The lowest BCUT2D eigenvalue weighted by molar-refractivity contribution is -0.384. The first-order valence-corrected chi connectivity index (χ1v) is 21.4. The minimum absolute atomic E-state index is 0.00422. The molecule has 14 nitrogen and oxygen atoms in total. The number of nitrogens with zero attached hydrogens (tertiary/aromatic N) is 3. The van der Waals surface area contributed by atoms with E-state index >= 15 is 0 Å². The van der Waals surface area contributed by atoms with E-state index < -0.39 is 34.6 Å². The fourth-order valence-electron chi connectivity index (χ4n) is 9.49. The van der Waals surface area contributed by atoms with Crippen LogP contribution in [-0.2, 0) is 16.1 Å². The van der Waals surface area contributed by atoms with Gasteiger partial charge in [0.25, 0.3) is 5.69 Å². The summed E-state index contributed by atoms with van der Waals surface area (Å²) in [7, 11) is 1.45. The van der Waals surface area contributed by atoms with Gasteiger partial charge < -0.3 is 34.0 Å². The highest BCUT2D eigenvalue weighted by molar-refractivity contribution is 6.03. The zero-order valence-electron chi connectivity index (χ0n) is 35.6. The van der Waals surface area contributed by atoms with Crippen LogP contribution in [0.25, 0.3) is 0 Å². The predicted octanol–water partition coefficient (Wildman–Crippen LogP) is 9.30. The Balaban J connectivity index is 1.44. The molecule has 4 aromatic carbocycles. The second kappa shape index (κ2) is 20.8. The molecule has 2 aliphatic carbocycles. The number of unbranched alkanes of at least 4 members (excludes halogenated alkanes) is 2. The molecule has 15 heteroatoms. The van der Waals surface area contributed by atoms with Crippen LogP contribution < -0.4 is 14.2 Å². The first-order chi connectivity index (χ1) is 31.1. The van der Waals surface area contributed by atoms with Gasteiger partial charge >= 0.3 is 6.09 Å². The maximum absolute atomic E-state index is 14.8. The number of nitro benzene ring substituents is 1. The number of oxime groups is 1. The first kappa shape index (κ1) is 45.6. The summed E-state index contributed by atoms with van der Waals surface area (Å²) in [6, 6.07) is 22.2. The third-order valence-electron chi connectivity index (χ3n) is 12.2. The van der Waals surface area contributed by atoms with Gasteiger partial charge in [-0.25, -0.2) is 9.18 Å². The molecule has 6 atom stereocenters. The highest BCUT2D eigenvalue weighted by Gasteiger charge is 2.65. The fourth-order valence-corrected chi connectivity index (χ4v) is 9.49. The molecule has 336 valence electrons. The molecule has 0 saturated heterocycles. The van der Waals surface area contributed by atoms with E-state index in [1.807, 2.05) is 12.1 Å². The Morgan fingerprint density at radius 3 is 2.39 bits per heavy atom. The van der Waals surface area contributed by atoms with Gasteiger partial charge in [-0.3, -0.25) is 19.8 Å². The number of aliphatic hydroxyl groups is 2. The normalized spacial score (nSPS) is 22.5. The number of fused-ring (bicyclic) bond motifs is 2. The van der Waals surface area contributed by atoms with E-state index in [1.54, 1.807) is 48.5 Å². The first-order valence-electron chi connectivity index (χ1n) is 21.4. The minimum Gasteiger partial charge on any atom is -0.459 e. The standard InChI is InChI=1S/C49H52FN3O11/c1-3-25-61-49-45(52(30-32-13-15-35(50)16-14-32)48(57)63-37-19-17-36(18-20-37)53(58)59)29-43(51-60-2)41-27-34(10-4-6-23-54)40(12-5-7-24-55)46(47(41)49)42-28-39(21-22-44(42)64-49)62-38-11-8-9-33(26-38)31-56/h3,8-9,11,13-22,26-28,31,34,40,45-47,54-55H,1,4-7,10,12,23-25,29-30H2,2H3/t34-,40+,45-,46+,47+,49+/m0/s1. The predicted molar refractivity (Wildman–Crippen MR) is 235 cm³/mol. The number of benzene rings is 4. The van der Waals surface area contributed by atoms with Crippen molar-refractivity contribution >= 4 is 23.8 Å². The number of aliphatic hydroxyl groups excluding tert-OH is 2. The number of ether oxygens (including phenoxy) is 4. The van der Waals surface area contributed by atoms with Crippen LogP contribution in [0.4, 0.5) is 14.9 Å². The van der Waals surface area contributed by atoms with E-state index in [4.69, 9.17) is 23.8 Å². The zero-order valence-corrected chi connectivity index (χ0v) is 35.6. The Morgan fingerprint density at radius 2 is 1.70 bits per heavy atom. The van der Waals surface area contributed by atoms with Crippen molar-refractivity contribution in [3.63, 3.8) is 0 Å². The second-order valence-corrected chi connectivity index (χ2v) is 16.1. The van der Waals surface area contributed by atoms with Crippen molar-refractivity contribution in [1.82, 2.24) is 4.90 Å². The van der Waals surface area contributed by atoms with Gasteiger partial charge in [-0.05, 0) is 103 Å². The molecule has 4 aromatic rings. The number of nitro groups is 1. The van der Waals surface area contributed by atoms with Gasteiger partial charge in [-0.15, -0.1) is 6.58 Å². The summed E-state index contributed by atoms with van der Waals surface area (Å²) >= 11 is 0. The van der Waals surface area contributed by atoms with E-state index in [-0.39, 0.29) is 62.0 Å². The number of hydrogen-bond donors (Lipinski definition) is 2. The van der Waals surface area contributed by atoms with Crippen LogP contribution >= 0.6 is 0 Å². The van der Waals surface area contributed by atoms with Crippen LogP contribution in [0.5, 0.6) is 23.0 Å². The van der Waals surface area contributed by atoms with Crippen molar-refractivity contribution < 1.29 is 52.9 Å². The number of carbonyl (C=O) groups excluding carboxylic acids is 2. The summed E-state index contributed by atoms with van der Waals surface area (Å²) in [6.07, 6.45) is 7.85. The highest BCUT2D eigenvalue weighted by atomic mass is 19.1. The van der Waals surface area contributed by atoms with Gasteiger partial charge in [-0.1, -0.05) is 54.4 Å². The lowest BCUT2D eigenvalue weighted by Gasteiger charge is -2.59. The number of hydrogen-bond acceptors (Lipinski definition) is 12. The number of aldehydes is 1. The highest BCUT2D eigenvalue weighted by Crippen LogP contribution is 2.62. The molecule has 3 aliphatic rings. The van der Waals surface area contributed by atoms with E-state index in [0.29, 0.717) is 59.8 Å². The van der Waals surface area contributed by atoms with Gasteiger partial charge in [-0.2, -0.15) is 0 Å². The summed E-state index contributed by atoms with van der Waals surface area (Å²) in [4.78, 5) is 44.4. The van der Waals surface area contributed by atoms with Crippen LogP contribution in [0.2, 0.25) is 0 Å². The Bertz CT molecular complexity index is 2350. The van der Waals surface area contributed by atoms with Crippen molar-refractivity contribution in [2.24, 2.45) is 22.9 Å². The van der Waals surface area contributed by atoms with Crippen molar-refractivity contribution in [3.8, 4) is 23.0 Å². The number of non-ortho nitro benzene ring substituents is 1. The average Bonchev–Trinajstić information content (AvgIpc) is 3.30. The molecule has 0 aromatic heterocycles. The zero-order chi connectivity index (χ0) is 45.2. The molecule has 1 aliphatic heterocycles. The minimum atomic E-state index is -1.65. The Labute approximate surface area is 370 Å². The summed E-state index contributed by atoms with van der Waals surface area (Å²) in [5.41, 5.74) is 3.00. The number of halogens is 1. The lowest BCUT2D eigenvalue weighted by atomic mass is 9.55. The smallest absolute Gasteiger partial charge is 0.416 e. The monoisotopic (exact) mass is 877 g/mol. The summed E-state index contributed by atoms with van der Waals surface area (Å²) in [6.45, 7) is 3.94. The second-order valence-electron chi connectivity index (χ2n) is 16.1. The third-order valence-corrected chi connectivity index (χ3v) is 12.2. The number of amides is 1. The molecule has 1 amide bonds. The van der Waals surface area contributed by atoms with Crippen LogP contribution in [0, 0.1) is 33.7 Å². The SMILES string of the molecule is C=CCO[C@@]12Oc3ccc(Oc4cccc(C=O)c4)cc3[C@H]3[C@H](CCCCO)[C@@H](CCCCO)C=C(C(=NOC)C[C@@H]1N(Cc1ccc(F)cc1)C(=O)Oc1ccc([N+](=O)[O-])cc1)[C@H]32. The van der Waals surface area contributed by atoms with E-state index in [0.717, 1.165) is 30.3 Å². The van der Waals surface area contributed by atoms with Crippen LogP contribution in [0.15, 0.2) is 120 Å². The Morgan fingerprint density at radius 1 is 0.984 bits per heavy atom. The maximum Gasteiger partial charge on any atom is 0.416 e. The quantitative estimate of drug-likeness (QED) is 0.0284. The molecular formula is C49H52FN3O11. The number of allylic oxidation sites excluding steroid dienone is 1. The summed E-state index contributed by atoms with van der Waals surface area (Å²) in [5, 5.41) is 35.9. The average molecular weight is 878 g/mol.